The molecule has 21 heavy (non-hydrogen) atoms. The number of nitrogens with two attached hydrogens (primary N) is 1. The van der Waals surface area contributed by atoms with Crippen molar-refractivity contribution in [2.24, 2.45) is 5.10 Å². The van der Waals surface area contributed by atoms with Crippen LogP contribution in [0.1, 0.15) is 11.1 Å². The third kappa shape index (κ3) is 3.63. The average molecular weight is 316 g/mol. The Bertz CT molecular complexity index is 654. The molecule has 3 N–H and O–H groups in total. The molecule has 1 aromatic carbocycles. The van der Waals surface area contributed by atoms with Crippen LogP contribution in [-0.2, 0) is 6.18 Å². The SMILES string of the molecule is COc1c(C=NNc2nc(N)cs2)cccc1C(F)(F)F. The smallest absolute Gasteiger partial charge is 0.419 e. The summed E-state index contributed by atoms with van der Waals surface area (Å²) < 4.78 is 43.4. The Morgan fingerprint density at radius 3 is 2.76 bits per heavy atom. The van der Waals surface area contributed by atoms with Gasteiger partial charge in [-0.25, -0.2) is 4.98 Å². The van der Waals surface area contributed by atoms with Crippen LogP contribution in [0.5, 0.6) is 5.75 Å². The van der Waals surface area contributed by atoms with Crippen LogP contribution in [0.25, 0.3) is 0 Å². The van der Waals surface area contributed by atoms with Gasteiger partial charge in [0.1, 0.15) is 11.6 Å². The van der Waals surface area contributed by atoms with Crippen molar-refractivity contribution in [3.63, 3.8) is 0 Å². The van der Waals surface area contributed by atoms with Crippen LogP contribution in [0, 0.1) is 0 Å². The number of nitrogen functional groups attached to an aromatic ring is 1. The molecule has 5 nitrogen and oxygen atoms in total. The Balaban J connectivity index is 2.23. The maximum atomic E-state index is 12.8. The van der Waals surface area contributed by atoms with Gasteiger partial charge < -0.3 is 10.5 Å². The van der Waals surface area contributed by atoms with E-state index in [4.69, 9.17) is 10.5 Å². The summed E-state index contributed by atoms with van der Waals surface area (Å²) in [5.41, 5.74) is 7.37. The van der Waals surface area contributed by atoms with Crippen molar-refractivity contribution in [1.82, 2.24) is 4.98 Å². The summed E-state index contributed by atoms with van der Waals surface area (Å²) in [6.45, 7) is 0. The van der Waals surface area contributed by atoms with Crippen LogP contribution in [0.15, 0.2) is 28.7 Å². The Kier molecular flexibility index (Phi) is 4.32. The van der Waals surface area contributed by atoms with E-state index in [0.717, 1.165) is 6.07 Å². The number of rotatable bonds is 4. The average Bonchev–Trinajstić information content (AvgIpc) is 2.83. The van der Waals surface area contributed by atoms with Crippen molar-refractivity contribution in [3.05, 3.63) is 34.7 Å². The number of hydrazone groups is 1. The first-order valence-corrected chi connectivity index (χ1v) is 6.54. The van der Waals surface area contributed by atoms with E-state index < -0.39 is 11.7 Å². The molecule has 9 heteroatoms. The van der Waals surface area contributed by atoms with E-state index in [-0.39, 0.29) is 11.3 Å². The summed E-state index contributed by atoms with van der Waals surface area (Å²) in [5.74, 6) is 0.0588. The first kappa shape index (κ1) is 15.1. The highest BCUT2D eigenvalue weighted by Crippen LogP contribution is 2.37. The zero-order valence-corrected chi connectivity index (χ0v) is 11.6. The van der Waals surface area contributed by atoms with E-state index in [1.807, 2.05) is 0 Å². The monoisotopic (exact) mass is 316 g/mol. The summed E-state index contributed by atoms with van der Waals surface area (Å²) >= 11 is 1.23. The second-order valence-corrected chi connectivity index (χ2v) is 4.73. The summed E-state index contributed by atoms with van der Waals surface area (Å²) in [4.78, 5) is 3.90. The van der Waals surface area contributed by atoms with Crippen LogP contribution in [0.4, 0.5) is 24.1 Å². The molecule has 2 aromatic rings. The second kappa shape index (κ2) is 6.00. The number of alkyl halides is 3. The number of para-hydroxylation sites is 1. The zero-order valence-electron chi connectivity index (χ0n) is 10.8. The molecule has 0 bridgehead atoms. The number of methoxy groups -OCH3 is 1. The molecule has 2 rings (SSSR count). The lowest BCUT2D eigenvalue weighted by atomic mass is 10.1. The minimum absolute atomic E-state index is 0.198. The normalized spacial score (nSPS) is 11.8. The van der Waals surface area contributed by atoms with Gasteiger partial charge in [0.25, 0.3) is 0 Å². The number of hydrogen-bond donors (Lipinski definition) is 2. The van der Waals surface area contributed by atoms with Gasteiger partial charge in [-0.15, -0.1) is 11.3 Å². The minimum Gasteiger partial charge on any atom is -0.495 e. The lowest BCUT2D eigenvalue weighted by molar-refractivity contribution is -0.138. The third-order valence-electron chi connectivity index (χ3n) is 2.44. The highest BCUT2D eigenvalue weighted by Gasteiger charge is 2.34. The summed E-state index contributed by atoms with van der Waals surface area (Å²) in [5, 5.41) is 5.88. The maximum Gasteiger partial charge on any atom is 0.419 e. The Hall–Kier alpha value is -2.29. The van der Waals surface area contributed by atoms with Gasteiger partial charge in [-0.1, -0.05) is 6.07 Å². The van der Waals surface area contributed by atoms with Crippen molar-refractivity contribution in [2.75, 3.05) is 18.3 Å². The topological polar surface area (TPSA) is 72.5 Å². The van der Waals surface area contributed by atoms with Gasteiger partial charge in [0.15, 0.2) is 0 Å². The van der Waals surface area contributed by atoms with Crippen molar-refractivity contribution < 1.29 is 17.9 Å². The molecule has 112 valence electrons. The van der Waals surface area contributed by atoms with E-state index in [1.165, 1.54) is 36.8 Å². The highest BCUT2D eigenvalue weighted by atomic mass is 32.1. The van der Waals surface area contributed by atoms with Crippen molar-refractivity contribution in [3.8, 4) is 5.75 Å². The number of nitrogens with one attached hydrogen (secondary N) is 1. The van der Waals surface area contributed by atoms with E-state index in [9.17, 15) is 13.2 Å². The molecular formula is C12H11F3N4OS. The van der Waals surface area contributed by atoms with Gasteiger partial charge in [0, 0.05) is 10.9 Å². The molecule has 1 heterocycles. The molecule has 0 saturated carbocycles. The van der Waals surface area contributed by atoms with Gasteiger partial charge in [-0.05, 0) is 12.1 Å². The molecule has 0 amide bonds. The van der Waals surface area contributed by atoms with E-state index in [2.05, 4.69) is 15.5 Å². The van der Waals surface area contributed by atoms with Crippen LogP contribution < -0.4 is 15.9 Å². The number of nitrogens with zero attached hydrogens (tertiary/aromatic N) is 2. The molecule has 0 aliphatic carbocycles. The fourth-order valence-electron chi connectivity index (χ4n) is 1.60. The van der Waals surface area contributed by atoms with Gasteiger partial charge in [0.2, 0.25) is 5.13 Å². The van der Waals surface area contributed by atoms with Crippen LogP contribution in [-0.4, -0.2) is 18.3 Å². The Labute approximate surface area is 122 Å². The largest absolute Gasteiger partial charge is 0.495 e. The van der Waals surface area contributed by atoms with Crippen molar-refractivity contribution >= 4 is 28.5 Å². The second-order valence-electron chi connectivity index (χ2n) is 3.87. The zero-order chi connectivity index (χ0) is 15.5. The number of halogens is 3. The van der Waals surface area contributed by atoms with Gasteiger partial charge >= 0.3 is 6.18 Å². The highest BCUT2D eigenvalue weighted by molar-refractivity contribution is 7.14. The summed E-state index contributed by atoms with van der Waals surface area (Å²) in [6, 6.07) is 3.70. The molecule has 0 aliphatic heterocycles. The van der Waals surface area contributed by atoms with Gasteiger partial charge in [-0.3, -0.25) is 5.43 Å². The Morgan fingerprint density at radius 2 is 2.19 bits per heavy atom. The minimum atomic E-state index is -4.49. The molecule has 0 radical (unpaired) electrons. The number of thiazole rings is 1. The summed E-state index contributed by atoms with van der Waals surface area (Å²) in [6.07, 6.45) is -3.27. The van der Waals surface area contributed by atoms with Crippen LogP contribution in [0.3, 0.4) is 0 Å². The fourth-order valence-corrected chi connectivity index (χ4v) is 2.15. The number of benzene rings is 1. The van der Waals surface area contributed by atoms with Crippen molar-refractivity contribution in [1.29, 1.82) is 0 Å². The molecule has 0 aliphatic rings. The summed E-state index contributed by atoms with van der Waals surface area (Å²) in [7, 11) is 1.18. The molecule has 0 unspecified atom stereocenters. The third-order valence-corrected chi connectivity index (χ3v) is 3.21. The predicted octanol–water partition coefficient (Wildman–Crippen LogP) is 3.20. The first-order chi connectivity index (χ1) is 9.91. The van der Waals surface area contributed by atoms with E-state index in [0.29, 0.717) is 10.9 Å². The molecule has 0 saturated heterocycles. The van der Waals surface area contributed by atoms with Gasteiger partial charge in [0.05, 0.1) is 18.9 Å². The quantitative estimate of drug-likeness (QED) is 0.671. The van der Waals surface area contributed by atoms with Crippen molar-refractivity contribution in [2.45, 2.75) is 6.18 Å². The number of anilines is 2. The first-order valence-electron chi connectivity index (χ1n) is 5.66. The van der Waals surface area contributed by atoms with E-state index in [1.54, 1.807) is 5.38 Å². The Morgan fingerprint density at radius 1 is 1.43 bits per heavy atom. The molecular weight excluding hydrogens is 305 g/mol. The fraction of sp³-hybridized carbons (Fsp3) is 0.167. The van der Waals surface area contributed by atoms with Crippen LogP contribution >= 0.6 is 11.3 Å². The molecule has 0 atom stereocenters. The predicted molar refractivity (Wildman–Crippen MR) is 75.7 cm³/mol. The molecule has 1 aromatic heterocycles. The number of hydrogen-bond acceptors (Lipinski definition) is 6. The standard InChI is InChI=1S/C12H11F3N4OS/c1-20-10-7(3-2-4-8(10)12(13,14)15)5-17-19-11-18-9(16)6-21-11/h2-6H,16H2,1H3,(H,18,19). The van der Waals surface area contributed by atoms with E-state index >= 15 is 0 Å². The lowest BCUT2D eigenvalue weighted by Crippen LogP contribution is -2.09. The van der Waals surface area contributed by atoms with Crippen LogP contribution in [0.2, 0.25) is 0 Å². The lowest BCUT2D eigenvalue weighted by Gasteiger charge is -2.13. The van der Waals surface area contributed by atoms with Gasteiger partial charge in [-0.2, -0.15) is 18.3 Å². The number of aromatic nitrogens is 1. The maximum absolute atomic E-state index is 12.8. The molecule has 0 fully saturated rings. The molecule has 0 spiro atoms. The number of ether oxygens (including phenoxy) is 1.